The van der Waals surface area contributed by atoms with E-state index in [0.29, 0.717) is 23.3 Å². The zero-order valence-corrected chi connectivity index (χ0v) is 14.4. The summed E-state index contributed by atoms with van der Waals surface area (Å²) >= 11 is 0. The van der Waals surface area contributed by atoms with E-state index < -0.39 is 17.5 Å². The molecule has 0 aliphatic heterocycles. The minimum Gasteiger partial charge on any atom is -0.493 e. The van der Waals surface area contributed by atoms with E-state index in [-0.39, 0.29) is 12.2 Å². The Morgan fingerprint density at radius 1 is 1.00 bits per heavy atom. The van der Waals surface area contributed by atoms with Crippen molar-refractivity contribution in [2.75, 3.05) is 12.4 Å². The van der Waals surface area contributed by atoms with Crippen LogP contribution in [0.3, 0.4) is 0 Å². The van der Waals surface area contributed by atoms with E-state index in [2.05, 4.69) is 10.3 Å². The number of rotatable bonds is 6. The SMILES string of the molecule is COc1ccc(NC(=O)c2cc(F)cc(F)c2)cc1OCc1ccncc1. The Hall–Kier alpha value is -3.48. The third kappa shape index (κ3) is 4.78. The molecule has 3 aromatic rings. The molecule has 0 saturated carbocycles. The van der Waals surface area contributed by atoms with Crippen LogP contribution in [0.4, 0.5) is 14.5 Å². The Bertz CT molecular complexity index is 929. The highest BCUT2D eigenvalue weighted by atomic mass is 19.1. The second-order valence-corrected chi connectivity index (χ2v) is 5.62. The number of nitrogens with zero attached hydrogens (tertiary/aromatic N) is 1. The third-order valence-electron chi connectivity index (χ3n) is 3.69. The van der Waals surface area contributed by atoms with Crippen LogP contribution in [0.1, 0.15) is 15.9 Å². The summed E-state index contributed by atoms with van der Waals surface area (Å²) in [6.07, 6.45) is 3.31. The molecular weight excluding hydrogens is 354 g/mol. The quantitative estimate of drug-likeness (QED) is 0.707. The van der Waals surface area contributed by atoms with Gasteiger partial charge in [-0.25, -0.2) is 8.78 Å². The first-order valence-corrected chi connectivity index (χ1v) is 8.02. The molecule has 1 N–H and O–H groups in total. The molecule has 0 aliphatic rings. The largest absolute Gasteiger partial charge is 0.493 e. The number of nitrogens with one attached hydrogen (secondary N) is 1. The molecule has 0 aliphatic carbocycles. The smallest absolute Gasteiger partial charge is 0.255 e. The zero-order chi connectivity index (χ0) is 19.2. The average molecular weight is 370 g/mol. The molecule has 0 fully saturated rings. The van der Waals surface area contributed by atoms with Crippen LogP contribution in [0.15, 0.2) is 60.9 Å². The van der Waals surface area contributed by atoms with Crippen LogP contribution < -0.4 is 14.8 Å². The van der Waals surface area contributed by atoms with E-state index >= 15 is 0 Å². The van der Waals surface area contributed by atoms with Crippen LogP contribution in [-0.4, -0.2) is 18.0 Å². The lowest BCUT2D eigenvalue weighted by Gasteiger charge is -2.13. The van der Waals surface area contributed by atoms with E-state index in [0.717, 1.165) is 17.7 Å². The number of pyridine rings is 1. The van der Waals surface area contributed by atoms with Crippen molar-refractivity contribution in [3.63, 3.8) is 0 Å². The fourth-order valence-corrected chi connectivity index (χ4v) is 2.40. The van der Waals surface area contributed by atoms with Crippen molar-refractivity contribution < 1.29 is 23.0 Å². The maximum absolute atomic E-state index is 13.3. The van der Waals surface area contributed by atoms with Crippen LogP contribution in [0.25, 0.3) is 0 Å². The first-order valence-electron chi connectivity index (χ1n) is 8.02. The number of hydrogen-bond donors (Lipinski definition) is 1. The fraction of sp³-hybridized carbons (Fsp3) is 0.100. The van der Waals surface area contributed by atoms with Crippen LogP contribution in [-0.2, 0) is 6.61 Å². The summed E-state index contributed by atoms with van der Waals surface area (Å²) in [7, 11) is 1.50. The number of carbonyl (C=O) groups excluding carboxylic acids is 1. The summed E-state index contributed by atoms with van der Waals surface area (Å²) < 4.78 is 37.6. The van der Waals surface area contributed by atoms with Crippen LogP contribution in [0.2, 0.25) is 0 Å². The maximum atomic E-state index is 13.3. The molecule has 1 heterocycles. The molecule has 27 heavy (non-hydrogen) atoms. The number of aromatic nitrogens is 1. The second-order valence-electron chi connectivity index (χ2n) is 5.62. The Kier molecular flexibility index (Phi) is 5.61. The minimum absolute atomic E-state index is 0.123. The van der Waals surface area contributed by atoms with Gasteiger partial charge in [0.2, 0.25) is 0 Å². The standard InChI is InChI=1S/C20H16F2N2O3/c1-26-18-3-2-17(11-19(18)27-12-13-4-6-23-7-5-13)24-20(25)14-8-15(21)10-16(22)9-14/h2-11H,12H2,1H3,(H,24,25). The molecule has 0 spiro atoms. The van der Waals surface area contributed by atoms with Crippen molar-refractivity contribution in [3.05, 3.63) is 83.7 Å². The van der Waals surface area contributed by atoms with E-state index in [9.17, 15) is 13.6 Å². The Morgan fingerprint density at radius 3 is 2.37 bits per heavy atom. The van der Waals surface area contributed by atoms with Crippen molar-refractivity contribution in [2.45, 2.75) is 6.61 Å². The molecule has 1 amide bonds. The van der Waals surface area contributed by atoms with E-state index in [4.69, 9.17) is 9.47 Å². The van der Waals surface area contributed by atoms with Gasteiger partial charge in [-0.05, 0) is 42.0 Å². The highest BCUT2D eigenvalue weighted by molar-refractivity contribution is 6.04. The average Bonchev–Trinajstić information content (AvgIpc) is 2.66. The molecule has 0 bridgehead atoms. The normalized spacial score (nSPS) is 10.3. The molecule has 5 nitrogen and oxygen atoms in total. The van der Waals surface area contributed by atoms with Gasteiger partial charge in [0, 0.05) is 35.8 Å². The van der Waals surface area contributed by atoms with Crippen molar-refractivity contribution in [1.82, 2.24) is 4.98 Å². The number of benzene rings is 2. The van der Waals surface area contributed by atoms with Gasteiger partial charge in [-0.2, -0.15) is 0 Å². The maximum Gasteiger partial charge on any atom is 0.255 e. The van der Waals surface area contributed by atoms with Gasteiger partial charge in [-0.1, -0.05) is 0 Å². The molecule has 0 unspecified atom stereocenters. The molecule has 0 saturated heterocycles. The van der Waals surface area contributed by atoms with Gasteiger partial charge < -0.3 is 14.8 Å². The molecule has 0 atom stereocenters. The molecule has 2 aromatic carbocycles. The third-order valence-corrected chi connectivity index (χ3v) is 3.69. The van der Waals surface area contributed by atoms with Crippen LogP contribution >= 0.6 is 0 Å². The summed E-state index contributed by atoms with van der Waals surface area (Å²) in [5, 5.41) is 2.58. The van der Waals surface area contributed by atoms with E-state index in [1.807, 2.05) is 12.1 Å². The predicted octanol–water partition coefficient (Wildman–Crippen LogP) is 4.20. The van der Waals surface area contributed by atoms with Gasteiger partial charge >= 0.3 is 0 Å². The van der Waals surface area contributed by atoms with Crippen LogP contribution in [0, 0.1) is 11.6 Å². The number of ether oxygens (including phenoxy) is 2. The molecule has 138 valence electrons. The predicted molar refractivity (Wildman–Crippen MR) is 95.9 cm³/mol. The molecule has 0 radical (unpaired) electrons. The van der Waals surface area contributed by atoms with Crippen molar-refractivity contribution in [1.29, 1.82) is 0 Å². The summed E-state index contributed by atoms with van der Waals surface area (Å²) in [5.41, 5.74) is 1.19. The number of halogens is 2. The Labute approximate surface area is 154 Å². The number of carbonyl (C=O) groups is 1. The summed E-state index contributed by atoms with van der Waals surface area (Å²) in [6, 6.07) is 11.1. The molecule has 1 aromatic heterocycles. The van der Waals surface area contributed by atoms with Gasteiger partial charge in [0.1, 0.15) is 18.2 Å². The first-order chi connectivity index (χ1) is 13.0. The van der Waals surface area contributed by atoms with Gasteiger partial charge in [-0.3, -0.25) is 9.78 Å². The number of amides is 1. The molecule has 7 heteroatoms. The lowest BCUT2D eigenvalue weighted by molar-refractivity contribution is 0.102. The topological polar surface area (TPSA) is 60.5 Å². The van der Waals surface area contributed by atoms with E-state index in [1.54, 1.807) is 30.6 Å². The van der Waals surface area contributed by atoms with Gasteiger partial charge in [0.05, 0.1) is 7.11 Å². The lowest BCUT2D eigenvalue weighted by Crippen LogP contribution is -2.12. The number of hydrogen-bond acceptors (Lipinski definition) is 4. The zero-order valence-electron chi connectivity index (χ0n) is 14.4. The Balaban J connectivity index is 1.76. The monoisotopic (exact) mass is 370 g/mol. The minimum atomic E-state index is -0.823. The summed E-state index contributed by atoms with van der Waals surface area (Å²) in [6.45, 7) is 0.283. The van der Waals surface area contributed by atoms with Gasteiger partial charge in [0.25, 0.3) is 5.91 Å². The highest BCUT2D eigenvalue weighted by Crippen LogP contribution is 2.31. The van der Waals surface area contributed by atoms with Crippen molar-refractivity contribution >= 4 is 11.6 Å². The highest BCUT2D eigenvalue weighted by Gasteiger charge is 2.12. The molecule has 3 rings (SSSR count). The lowest BCUT2D eigenvalue weighted by atomic mass is 10.2. The van der Waals surface area contributed by atoms with Crippen molar-refractivity contribution in [2.24, 2.45) is 0 Å². The summed E-state index contributed by atoms with van der Waals surface area (Å²) in [4.78, 5) is 16.2. The molecular formula is C20H16F2N2O3. The van der Waals surface area contributed by atoms with E-state index in [1.165, 1.54) is 7.11 Å². The summed E-state index contributed by atoms with van der Waals surface area (Å²) in [5.74, 6) is -1.39. The van der Waals surface area contributed by atoms with Gasteiger partial charge in [0.15, 0.2) is 11.5 Å². The fourth-order valence-electron chi connectivity index (χ4n) is 2.40. The van der Waals surface area contributed by atoms with Crippen molar-refractivity contribution in [3.8, 4) is 11.5 Å². The van der Waals surface area contributed by atoms with Gasteiger partial charge in [-0.15, -0.1) is 0 Å². The number of methoxy groups -OCH3 is 1. The Morgan fingerprint density at radius 2 is 1.70 bits per heavy atom. The van der Waals surface area contributed by atoms with Crippen LogP contribution in [0.5, 0.6) is 11.5 Å². The second kappa shape index (κ2) is 8.27. The first kappa shape index (κ1) is 18.3. The number of anilines is 1.